The van der Waals surface area contributed by atoms with Crippen molar-refractivity contribution in [2.45, 2.75) is 45.3 Å². The number of aliphatic hydroxyl groups is 1. The average Bonchev–Trinajstić information content (AvgIpc) is 2.57. The van der Waals surface area contributed by atoms with Gasteiger partial charge in [-0.15, -0.1) is 0 Å². The summed E-state index contributed by atoms with van der Waals surface area (Å²) >= 11 is 0. The third kappa shape index (κ3) is 4.18. The zero-order valence-electron chi connectivity index (χ0n) is 11.1. The van der Waals surface area contributed by atoms with Crippen molar-refractivity contribution >= 4 is 12.0 Å². The number of carboxylic acid groups (broad SMARTS) is 1. The lowest BCUT2D eigenvalue weighted by Gasteiger charge is -2.23. The third-order valence-electron chi connectivity index (χ3n) is 3.04. The molecule has 0 aromatic carbocycles. The van der Waals surface area contributed by atoms with Crippen LogP contribution in [-0.2, 0) is 4.79 Å². The monoisotopic (exact) mass is 258 g/mol. The van der Waals surface area contributed by atoms with Gasteiger partial charge in [-0.05, 0) is 25.7 Å². The highest BCUT2D eigenvalue weighted by Gasteiger charge is 2.35. The summed E-state index contributed by atoms with van der Waals surface area (Å²) in [5, 5.41) is 21.3. The van der Waals surface area contributed by atoms with E-state index >= 15 is 0 Å². The summed E-state index contributed by atoms with van der Waals surface area (Å²) in [6.45, 7) is 6.17. The summed E-state index contributed by atoms with van der Waals surface area (Å²) in [6, 6.07) is -1.29. The van der Waals surface area contributed by atoms with E-state index in [4.69, 9.17) is 5.11 Å². The van der Waals surface area contributed by atoms with E-state index < -0.39 is 23.6 Å². The van der Waals surface area contributed by atoms with Gasteiger partial charge in [0.1, 0.15) is 6.04 Å². The summed E-state index contributed by atoms with van der Waals surface area (Å²) in [7, 11) is 0. The molecule has 6 heteroatoms. The van der Waals surface area contributed by atoms with Crippen molar-refractivity contribution < 1.29 is 19.8 Å². The van der Waals surface area contributed by atoms with Crippen LogP contribution < -0.4 is 5.32 Å². The zero-order chi connectivity index (χ0) is 13.9. The van der Waals surface area contributed by atoms with E-state index in [1.807, 2.05) is 13.8 Å². The summed E-state index contributed by atoms with van der Waals surface area (Å²) in [5.74, 6) is -0.837. The smallest absolute Gasteiger partial charge is 0.326 e. The molecule has 6 nitrogen and oxygen atoms in total. The second-order valence-corrected chi connectivity index (χ2v) is 5.64. The number of amides is 2. The van der Waals surface area contributed by atoms with Crippen LogP contribution in [0.1, 0.15) is 33.6 Å². The Hall–Kier alpha value is -1.30. The minimum absolute atomic E-state index is 0.188. The van der Waals surface area contributed by atoms with Crippen molar-refractivity contribution in [1.29, 1.82) is 0 Å². The molecule has 1 heterocycles. The Kier molecular flexibility index (Phi) is 4.56. The Morgan fingerprint density at radius 3 is 2.44 bits per heavy atom. The number of hydrogen-bond donors (Lipinski definition) is 3. The number of carbonyl (C=O) groups excluding carboxylic acids is 1. The van der Waals surface area contributed by atoms with Crippen LogP contribution in [0.25, 0.3) is 0 Å². The maximum absolute atomic E-state index is 11.9. The third-order valence-corrected chi connectivity index (χ3v) is 3.04. The van der Waals surface area contributed by atoms with Gasteiger partial charge in [-0.3, -0.25) is 0 Å². The number of carboxylic acids is 1. The molecule has 1 aliphatic rings. The molecule has 1 fully saturated rings. The van der Waals surface area contributed by atoms with Gasteiger partial charge in [0, 0.05) is 6.54 Å². The van der Waals surface area contributed by atoms with E-state index in [1.165, 1.54) is 4.90 Å². The molecular formula is C12H22N2O4. The number of likely N-dealkylation sites (tertiary alicyclic amines) is 1. The first-order valence-corrected chi connectivity index (χ1v) is 6.22. The van der Waals surface area contributed by atoms with Gasteiger partial charge >= 0.3 is 12.0 Å². The summed E-state index contributed by atoms with van der Waals surface area (Å²) in [6.07, 6.45) is 0.910. The lowest BCUT2D eigenvalue weighted by molar-refractivity contribution is -0.139. The molecule has 1 saturated heterocycles. The van der Waals surface area contributed by atoms with Crippen molar-refractivity contribution in [1.82, 2.24) is 10.2 Å². The summed E-state index contributed by atoms with van der Waals surface area (Å²) in [5.41, 5.74) is -0.867. The van der Waals surface area contributed by atoms with E-state index in [0.29, 0.717) is 19.4 Å². The van der Waals surface area contributed by atoms with Gasteiger partial charge in [-0.25, -0.2) is 9.59 Å². The van der Waals surface area contributed by atoms with Crippen molar-refractivity contribution in [2.75, 3.05) is 13.1 Å². The van der Waals surface area contributed by atoms with E-state index in [1.54, 1.807) is 6.92 Å². The largest absolute Gasteiger partial charge is 0.480 e. The number of hydrogen-bond acceptors (Lipinski definition) is 3. The minimum atomic E-state index is -1.02. The molecule has 0 saturated carbocycles. The van der Waals surface area contributed by atoms with Crippen LogP contribution in [0.4, 0.5) is 4.79 Å². The average molecular weight is 258 g/mol. The molecule has 1 rings (SSSR count). The minimum Gasteiger partial charge on any atom is -0.480 e. The molecule has 104 valence electrons. The Bertz CT molecular complexity index is 328. The Morgan fingerprint density at radius 1 is 1.44 bits per heavy atom. The van der Waals surface area contributed by atoms with Crippen LogP contribution in [0.3, 0.4) is 0 Å². The van der Waals surface area contributed by atoms with Crippen LogP contribution >= 0.6 is 0 Å². The van der Waals surface area contributed by atoms with Crippen molar-refractivity contribution in [2.24, 2.45) is 5.92 Å². The molecule has 0 bridgehead atoms. The van der Waals surface area contributed by atoms with Crippen LogP contribution in [0.2, 0.25) is 0 Å². The lowest BCUT2D eigenvalue weighted by atomic mass is 10.0. The van der Waals surface area contributed by atoms with E-state index in [2.05, 4.69) is 5.32 Å². The van der Waals surface area contributed by atoms with Crippen molar-refractivity contribution in [3.63, 3.8) is 0 Å². The molecule has 2 atom stereocenters. The molecule has 0 radical (unpaired) electrons. The second kappa shape index (κ2) is 5.56. The molecule has 18 heavy (non-hydrogen) atoms. The molecule has 3 N–H and O–H groups in total. The SMILES string of the molecule is CC(C)CC(NC(=O)N1CCC(C)(O)C1)C(=O)O. The molecule has 0 aromatic heterocycles. The van der Waals surface area contributed by atoms with E-state index in [0.717, 1.165) is 0 Å². The van der Waals surface area contributed by atoms with Gasteiger partial charge in [0.2, 0.25) is 0 Å². The second-order valence-electron chi connectivity index (χ2n) is 5.64. The van der Waals surface area contributed by atoms with Crippen molar-refractivity contribution in [3.05, 3.63) is 0 Å². The predicted octanol–water partition coefficient (Wildman–Crippen LogP) is 0.652. The van der Waals surface area contributed by atoms with Crippen LogP contribution in [0.15, 0.2) is 0 Å². The molecular weight excluding hydrogens is 236 g/mol. The number of carbonyl (C=O) groups is 2. The topological polar surface area (TPSA) is 89.9 Å². The predicted molar refractivity (Wildman–Crippen MR) is 66.2 cm³/mol. The number of aliphatic carboxylic acids is 1. The van der Waals surface area contributed by atoms with Gasteiger partial charge in [-0.2, -0.15) is 0 Å². The van der Waals surface area contributed by atoms with Gasteiger partial charge in [0.15, 0.2) is 0 Å². The fourth-order valence-corrected chi connectivity index (χ4v) is 2.05. The highest BCUT2D eigenvalue weighted by molar-refractivity contribution is 5.82. The van der Waals surface area contributed by atoms with Crippen LogP contribution in [-0.4, -0.2) is 51.8 Å². The first-order valence-electron chi connectivity index (χ1n) is 6.22. The standard InChI is InChI=1S/C12H22N2O4/c1-8(2)6-9(10(15)16)13-11(17)14-5-4-12(3,18)7-14/h8-9,18H,4-7H2,1-3H3,(H,13,17)(H,15,16). The fraction of sp³-hybridized carbons (Fsp3) is 0.833. The van der Waals surface area contributed by atoms with Crippen molar-refractivity contribution in [3.8, 4) is 0 Å². The number of nitrogens with one attached hydrogen (secondary N) is 1. The molecule has 0 aromatic rings. The molecule has 2 amide bonds. The van der Waals surface area contributed by atoms with Gasteiger partial charge < -0.3 is 20.4 Å². The van der Waals surface area contributed by atoms with E-state index in [9.17, 15) is 14.7 Å². The molecule has 0 aliphatic carbocycles. The normalized spacial score (nSPS) is 25.3. The van der Waals surface area contributed by atoms with Gasteiger partial charge in [0.05, 0.1) is 12.1 Å². The Morgan fingerprint density at radius 2 is 2.06 bits per heavy atom. The first kappa shape index (κ1) is 14.8. The molecule has 0 spiro atoms. The summed E-state index contributed by atoms with van der Waals surface area (Å²) in [4.78, 5) is 24.4. The van der Waals surface area contributed by atoms with Gasteiger partial charge in [-0.1, -0.05) is 13.8 Å². The first-order chi connectivity index (χ1) is 8.21. The highest BCUT2D eigenvalue weighted by atomic mass is 16.4. The number of urea groups is 1. The quantitative estimate of drug-likeness (QED) is 0.690. The molecule has 1 aliphatic heterocycles. The van der Waals surface area contributed by atoms with Crippen LogP contribution in [0, 0.1) is 5.92 Å². The zero-order valence-corrected chi connectivity index (χ0v) is 11.1. The van der Waals surface area contributed by atoms with E-state index in [-0.39, 0.29) is 12.5 Å². The maximum Gasteiger partial charge on any atom is 0.326 e. The highest BCUT2D eigenvalue weighted by Crippen LogP contribution is 2.20. The molecule has 2 unspecified atom stereocenters. The number of nitrogens with zero attached hydrogens (tertiary/aromatic N) is 1. The summed E-state index contributed by atoms with van der Waals surface area (Å²) < 4.78 is 0. The number of rotatable bonds is 4. The maximum atomic E-state index is 11.9. The lowest BCUT2D eigenvalue weighted by Crippen LogP contribution is -2.48. The fourth-order valence-electron chi connectivity index (χ4n) is 2.05. The van der Waals surface area contributed by atoms with Crippen LogP contribution in [0.5, 0.6) is 0 Å². The van der Waals surface area contributed by atoms with Gasteiger partial charge in [0.25, 0.3) is 0 Å². The Balaban J connectivity index is 2.54. The number of β-amino-alcohol motifs (C(OH)–C–C–N with tert-alkyl or cyclic N) is 1. The Labute approximate surface area is 107 Å².